The molecule has 4 rings (SSSR count). The molecular formula is C24H27ClN2O6S. The van der Waals surface area contributed by atoms with Crippen molar-refractivity contribution in [2.24, 2.45) is 0 Å². The molecule has 0 aromatic heterocycles. The summed E-state index contributed by atoms with van der Waals surface area (Å²) in [4.78, 5) is 26.0. The number of carbonyl (C=O) groups is 2. The van der Waals surface area contributed by atoms with Gasteiger partial charge in [-0.15, -0.1) is 0 Å². The molecule has 8 nitrogen and oxygen atoms in total. The lowest BCUT2D eigenvalue weighted by atomic mass is 9.94. The first-order valence-corrected chi connectivity index (χ1v) is 11.9. The summed E-state index contributed by atoms with van der Waals surface area (Å²) in [6.45, 7) is 4.46. The summed E-state index contributed by atoms with van der Waals surface area (Å²) in [5.74, 6) is -2.51. The number of nitrogens with zero attached hydrogens (tertiary/aromatic N) is 2. The largest absolute Gasteiger partial charge is 0.478 e. The number of rotatable bonds is 5. The minimum absolute atomic E-state index is 0.0882. The number of halogens is 1. The molecule has 0 saturated carbocycles. The van der Waals surface area contributed by atoms with Crippen molar-refractivity contribution in [3.63, 3.8) is 0 Å². The predicted molar refractivity (Wildman–Crippen MR) is 129 cm³/mol. The van der Waals surface area contributed by atoms with Crippen molar-refractivity contribution >= 4 is 35.3 Å². The Balaban J connectivity index is 0.000000350. The molecule has 2 aliphatic rings. The summed E-state index contributed by atoms with van der Waals surface area (Å²) >= 11 is 7.93. The van der Waals surface area contributed by atoms with E-state index in [2.05, 4.69) is 28.0 Å². The number of aliphatic carboxylic acids is 2. The van der Waals surface area contributed by atoms with Gasteiger partial charge in [0.2, 0.25) is 0 Å². The molecule has 0 aliphatic carbocycles. The minimum Gasteiger partial charge on any atom is -0.478 e. The van der Waals surface area contributed by atoms with Crippen LogP contribution in [0.4, 0.5) is 0 Å². The van der Waals surface area contributed by atoms with E-state index in [4.69, 9.17) is 26.9 Å². The molecule has 2 aliphatic heterocycles. The van der Waals surface area contributed by atoms with Crippen LogP contribution in [0.1, 0.15) is 23.3 Å². The standard InChI is InChI=1S/C20H23ClN2O2S.C4H4O4/c21-14-5-6-18-16(13-14)20(25)19(15-3-1-2-4-17(15)26-18)23-9-7-22(8-10-23)11-12-24;5-3(6)1-2-4(7)8/h1-6,13,19-20,24-25H,7-12H2;1-2H,(H,5,6)(H,7,8)/b;2-1-/t19-,20+;/m0./s1. The van der Waals surface area contributed by atoms with E-state index in [0.717, 1.165) is 36.6 Å². The van der Waals surface area contributed by atoms with E-state index in [0.29, 0.717) is 23.7 Å². The zero-order valence-corrected chi connectivity index (χ0v) is 20.0. The maximum Gasteiger partial charge on any atom is 0.328 e. The molecule has 2 atom stereocenters. The van der Waals surface area contributed by atoms with E-state index < -0.39 is 18.0 Å². The molecule has 34 heavy (non-hydrogen) atoms. The lowest BCUT2D eigenvalue weighted by Gasteiger charge is -2.41. The maximum atomic E-state index is 11.3. The molecule has 2 aromatic rings. The fourth-order valence-corrected chi connectivity index (χ4v) is 5.37. The number of carboxylic acids is 2. The van der Waals surface area contributed by atoms with E-state index in [1.165, 1.54) is 10.5 Å². The van der Waals surface area contributed by atoms with E-state index in [1.54, 1.807) is 11.8 Å². The fourth-order valence-electron chi connectivity index (χ4n) is 4.07. The first-order chi connectivity index (χ1) is 16.3. The van der Waals surface area contributed by atoms with Crippen molar-refractivity contribution in [1.29, 1.82) is 0 Å². The highest BCUT2D eigenvalue weighted by Gasteiger charge is 2.36. The number of hydrogen-bond acceptors (Lipinski definition) is 7. The molecule has 2 aromatic carbocycles. The second-order valence-electron chi connectivity index (χ2n) is 7.82. The molecule has 2 heterocycles. The summed E-state index contributed by atoms with van der Waals surface area (Å²) < 4.78 is 0. The van der Waals surface area contributed by atoms with Gasteiger partial charge in [0.25, 0.3) is 0 Å². The smallest absolute Gasteiger partial charge is 0.328 e. The highest BCUT2D eigenvalue weighted by molar-refractivity contribution is 7.99. The highest BCUT2D eigenvalue weighted by Crippen LogP contribution is 2.48. The van der Waals surface area contributed by atoms with Gasteiger partial charge in [-0.05, 0) is 35.4 Å². The average Bonchev–Trinajstić information content (AvgIpc) is 2.93. The molecule has 0 amide bonds. The lowest BCUT2D eigenvalue weighted by molar-refractivity contribution is -0.134. The molecule has 1 saturated heterocycles. The molecule has 1 fully saturated rings. The first kappa shape index (κ1) is 26.2. The topological polar surface area (TPSA) is 122 Å². The third-order valence-electron chi connectivity index (χ3n) is 5.63. The van der Waals surface area contributed by atoms with Gasteiger partial charge in [0, 0.05) is 59.7 Å². The number of fused-ring (bicyclic) bond motifs is 2. The van der Waals surface area contributed by atoms with E-state index >= 15 is 0 Å². The first-order valence-electron chi connectivity index (χ1n) is 10.8. The minimum atomic E-state index is -1.26. The van der Waals surface area contributed by atoms with Crippen LogP contribution in [-0.4, -0.2) is 81.5 Å². The number of β-amino-alcohol motifs (C(OH)–C–C–N with tert-alkyl or cyclic N) is 1. The Morgan fingerprint density at radius 2 is 1.59 bits per heavy atom. The second-order valence-corrected chi connectivity index (χ2v) is 9.34. The van der Waals surface area contributed by atoms with Crippen LogP contribution in [-0.2, 0) is 9.59 Å². The van der Waals surface area contributed by atoms with Crippen molar-refractivity contribution in [2.45, 2.75) is 21.9 Å². The summed E-state index contributed by atoms with van der Waals surface area (Å²) in [7, 11) is 0. The molecule has 182 valence electrons. The molecule has 0 unspecified atom stereocenters. The Hall–Kier alpha value is -2.40. The number of benzene rings is 2. The normalized spacial score (nSPS) is 20.6. The molecule has 0 radical (unpaired) electrons. The van der Waals surface area contributed by atoms with Crippen molar-refractivity contribution < 1.29 is 30.0 Å². The molecule has 4 N–H and O–H groups in total. The third-order valence-corrected chi connectivity index (χ3v) is 7.05. The van der Waals surface area contributed by atoms with Crippen LogP contribution in [0.3, 0.4) is 0 Å². The summed E-state index contributed by atoms with van der Waals surface area (Å²) in [5, 5.41) is 36.8. The lowest BCUT2D eigenvalue weighted by Crippen LogP contribution is -2.49. The van der Waals surface area contributed by atoms with Crippen LogP contribution in [0, 0.1) is 0 Å². The van der Waals surface area contributed by atoms with Gasteiger partial charge in [-0.2, -0.15) is 0 Å². The predicted octanol–water partition coefficient (Wildman–Crippen LogP) is 2.90. The van der Waals surface area contributed by atoms with Crippen molar-refractivity contribution in [3.8, 4) is 0 Å². The Morgan fingerprint density at radius 1 is 0.971 bits per heavy atom. The van der Waals surface area contributed by atoms with Crippen LogP contribution in [0.25, 0.3) is 0 Å². The van der Waals surface area contributed by atoms with Gasteiger partial charge >= 0.3 is 11.9 Å². The van der Waals surface area contributed by atoms with Crippen LogP contribution in [0.5, 0.6) is 0 Å². The Bertz CT molecular complexity index is 1030. The van der Waals surface area contributed by atoms with Crippen LogP contribution in [0.15, 0.2) is 64.4 Å². The molecular weight excluding hydrogens is 480 g/mol. The highest BCUT2D eigenvalue weighted by atomic mass is 35.5. The second kappa shape index (κ2) is 12.3. The quantitative estimate of drug-likeness (QED) is 0.453. The molecule has 0 bridgehead atoms. The van der Waals surface area contributed by atoms with Gasteiger partial charge in [0.05, 0.1) is 18.8 Å². The van der Waals surface area contributed by atoms with Gasteiger partial charge in [-0.3, -0.25) is 9.80 Å². The Kier molecular flexibility index (Phi) is 9.52. The number of carboxylic acid groups (broad SMARTS) is 2. The average molecular weight is 507 g/mol. The van der Waals surface area contributed by atoms with Crippen molar-refractivity contribution in [3.05, 3.63) is 70.8 Å². The van der Waals surface area contributed by atoms with E-state index in [-0.39, 0.29) is 12.6 Å². The SMILES string of the molecule is O=C(O)/C=C\C(=O)O.OCCN1CCN([C@H]2c3ccccc3Sc3ccc(Cl)cc3[C@H]2O)CC1. The van der Waals surface area contributed by atoms with Crippen LogP contribution >= 0.6 is 23.4 Å². The monoisotopic (exact) mass is 506 g/mol. The van der Waals surface area contributed by atoms with Gasteiger partial charge in [-0.25, -0.2) is 9.59 Å². The third kappa shape index (κ3) is 6.82. The Labute approximate surface area is 207 Å². The zero-order valence-electron chi connectivity index (χ0n) is 18.4. The number of aliphatic hydroxyl groups is 2. The summed E-state index contributed by atoms with van der Waals surface area (Å²) in [5.41, 5.74) is 2.08. The number of aliphatic hydroxyl groups excluding tert-OH is 2. The number of piperazine rings is 1. The van der Waals surface area contributed by atoms with Gasteiger partial charge in [0.15, 0.2) is 0 Å². The van der Waals surface area contributed by atoms with E-state index in [9.17, 15) is 14.7 Å². The van der Waals surface area contributed by atoms with Crippen LogP contribution < -0.4 is 0 Å². The molecule has 0 spiro atoms. The summed E-state index contributed by atoms with van der Waals surface area (Å²) in [6, 6.07) is 14.1. The van der Waals surface area contributed by atoms with Gasteiger partial charge in [0.1, 0.15) is 0 Å². The molecule has 10 heteroatoms. The van der Waals surface area contributed by atoms with Crippen LogP contribution in [0.2, 0.25) is 5.02 Å². The summed E-state index contributed by atoms with van der Waals surface area (Å²) in [6.07, 6.45) is 0.495. The maximum absolute atomic E-state index is 11.3. The van der Waals surface area contributed by atoms with Crippen molar-refractivity contribution in [2.75, 3.05) is 39.3 Å². The van der Waals surface area contributed by atoms with Gasteiger partial charge in [-0.1, -0.05) is 41.6 Å². The van der Waals surface area contributed by atoms with Gasteiger partial charge < -0.3 is 20.4 Å². The Morgan fingerprint density at radius 3 is 2.21 bits per heavy atom. The number of hydrogen-bond donors (Lipinski definition) is 4. The van der Waals surface area contributed by atoms with E-state index in [1.807, 2.05) is 24.3 Å². The fraction of sp³-hybridized carbons (Fsp3) is 0.333. The zero-order chi connectivity index (χ0) is 24.7. The van der Waals surface area contributed by atoms with Crippen molar-refractivity contribution in [1.82, 2.24) is 9.80 Å².